The highest BCUT2D eigenvalue weighted by atomic mass is 16.5. The molecule has 3 aliphatic rings. The van der Waals surface area contributed by atoms with Crippen LogP contribution in [0.4, 0.5) is 5.69 Å². The van der Waals surface area contributed by atoms with E-state index in [-0.39, 0.29) is 31.3 Å². The molecule has 0 saturated carbocycles. The minimum atomic E-state index is -0.832. The van der Waals surface area contributed by atoms with Gasteiger partial charge >= 0.3 is 0 Å². The number of ether oxygens (including phenoxy) is 2. The number of hydrogen-bond donors (Lipinski definition) is 0. The summed E-state index contributed by atoms with van der Waals surface area (Å²) in [6.07, 6.45) is -0.889. The van der Waals surface area contributed by atoms with Crippen molar-refractivity contribution in [3.8, 4) is 5.75 Å². The van der Waals surface area contributed by atoms with Crippen molar-refractivity contribution < 1.29 is 28.7 Å². The Balaban J connectivity index is 1.31. The van der Waals surface area contributed by atoms with Crippen LogP contribution in [0.5, 0.6) is 5.75 Å². The molecule has 170 valence electrons. The number of hydrogen-bond acceptors (Lipinski definition) is 6. The first-order valence-electron chi connectivity index (χ1n) is 10.9. The summed E-state index contributed by atoms with van der Waals surface area (Å²) in [5, 5.41) is 0. The molecule has 33 heavy (non-hydrogen) atoms. The van der Waals surface area contributed by atoms with Crippen LogP contribution in [0, 0.1) is 0 Å². The number of carbonyl (C=O) groups is 4. The van der Waals surface area contributed by atoms with Crippen LogP contribution in [0.15, 0.2) is 48.5 Å². The second-order valence-electron chi connectivity index (χ2n) is 8.07. The maximum atomic E-state index is 13.2. The fraction of sp³-hybridized carbons (Fsp3) is 0.333. The Bertz CT molecular complexity index is 1090. The van der Waals surface area contributed by atoms with Gasteiger partial charge in [0.2, 0.25) is 5.91 Å². The van der Waals surface area contributed by atoms with E-state index in [1.54, 1.807) is 53.4 Å². The molecule has 2 aromatic rings. The Hall–Kier alpha value is -3.72. The summed E-state index contributed by atoms with van der Waals surface area (Å²) >= 11 is 0. The highest BCUT2D eigenvalue weighted by Gasteiger charge is 2.38. The van der Waals surface area contributed by atoms with Crippen LogP contribution < -0.4 is 9.64 Å². The Morgan fingerprint density at radius 1 is 0.909 bits per heavy atom. The molecule has 0 aromatic heterocycles. The Labute approximate surface area is 190 Å². The van der Waals surface area contributed by atoms with Gasteiger partial charge < -0.3 is 19.3 Å². The van der Waals surface area contributed by atoms with E-state index in [2.05, 4.69) is 0 Å². The molecule has 0 radical (unpaired) electrons. The van der Waals surface area contributed by atoms with E-state index in [1.807, 2.05) is 0 Å². The van der Waals surface area contributed by atoms with Crippen LogP contribution in [0.1, 0.15) is 27.1 Å². The van der Waals surface area contributed by atoms with Crippen LogP contribution in [0.25, 0.3) is 0 Å². The second kappa shape index (κ2) is 8.67. The zero-order chi connectivity index (χ0) is 22.9. The van der Waals surface area contributed by atoms with Gasteiger partial charge in [-0.1, -0.05) is 24.3 Å². The summed E-state index contributed by atoms with van der Waals surface area (Å²) in [6, 6.07) is 13.7. The van der Waals surface area contributed by atoms with Crippen LogP contribution >= 0.6 is 0 Å². The van der Waals surface area contributed by atoms with E-state index in [0.717, 1.165) is 4.90 Å². The molecule has 3 aliphatic heterocycles. The lowest BCUT2D eigenvalue weighted by molar-refractivity contribution is -0.142. The van der Waals surface area contributed by atoms with Crippen molar-refractivity contribution in [2.24, 2.45) is 0 Å². The van der Waals surface area contributed by atoms with Crippen molar-refractivity contribution in [2.75, 3.05) is 44.3 Å². The monoisotopic (exact) mass is 449 g/mol. The normalized spacial score (nSPS) is 19.8. The molecular weight excluding hydrogens is 426 g/mol. The molecule has 2 aromatic carbocycles. The highest BCUT2D eigenvalue weighted by molar-refractivity contribution is 6.21. The highest BCUT2D eigenvalue weighted by Crippen LogP contribution is 2.34. The third-order valence-electron chi connectivity index (χ3n) is 6.10. The number of rotatable bonds is 4. The number of anilines is 1. The lowest BCUT2D eigenvalue weighted by Gasteiger charge is -2.37. The van der Waals surface area contributed by atoms with Crippen molar-refractivity contribution in [2.45, 2.75) is 12.5 Å². The zero-order valence-electron chi connectivity index (χ0n) is 17.9. The number of morpholine rings is 1. The molecular formula is C24H23N3O6. The molecule has 0 spiro atoms. The summed E-state index contributed by atoms with van der Waals surface area (Å²) in [6.45, 7) is 1.93. The van der Waals surface area contributed by atoms with Gasteiger partial charge in [-0.3, -0.25) is 24.1 Å². The summed E-state index contributed by atoms with van der Waals surface area (Å²) in [5.41, 5.74) is 1.27. The van der Waals surface area contributed by atoms with Gasteiger partial charge in [0.25, 0.3) is 17.7 Å². The van der Waals surface area contributed by atoms with E-state index >= 15 is 0 Å². The third kappa shape index (κ3) is 3.84. The lowest BCUT2D eigenvalue weighted by atomic mass is 10.1. The number of para-hydroxylation sites is 2. The quantitative estimate of drug-likeness (QED) is 0.654. The molecule has 4 amide bonds. The molecule has 0 bridgehead atoms. The SMILES string of the molecule is O=C([C@H]1CN(C(=O)CCN2C(=O)c3ccccc3C2=O)c2ccccc2O1)N1CCOCC1. The third-order valence-corrected chi connectivity index (χ3v) is 6.10. The molecule has 3 heterocycles. The van der Waals surface area contributed by atoms with Crippen molar-refractivity contribution in [1.29, 1.82) is 0 Å². The zero-order valence-corrected chi connectivity index (χ0v) is 17.9. The van der Waals surface area contributed by atoms with Gasteiger partial charge in [0.05, 0.1) is 36.6 Å². The summed E-state index contributed by atoms with van der Waals surface area (Å²) in [5.74, 6) is -0.824. The van der Waals surface area contributed by atoms with E-state index in [9.17, 15) is 19.2 Å². The maximum Gasteiger partial charge on any atom is 0.265 e. The molecule has 1 atom stereocenters. The van der Waals surface area contributed by atoms with E-state index in [1.165, 1.54) is 4.90 Å². The number of amides is 4. The van der Waals surface area contributed by atoms with E-state index in [0.29, 0.717) is 48.9 Å². The predicted octanol–water partition coefficient (Wildman–Crippen LogP) is 1.33. The molecule has 0 unspecified atom stereocenters. The van der Waals surface area contributed by atoms with Crippen molar-refractivity contribution in [3.63, 3.8) is 0 Å². The van der Waals surface area contributed by atoms with Gasteiger partial charge in [-0.2, -0.15) is 0 Å². The minimum absolute atomic E-state index is 0.0349. The topological polar surface area (TPSA) is 96.5 Å². The first-order valence-corrected chi connectivity index (χ1v) is 10.9. The number of benzene rings is 2. The summed E-state index contributed by atoms with van der Waals surface area (Å²) in [7, 11) is 0. The minimum Gasteiger partial charge on any atom is -0.476 e. The number of carbonyl (C=O) groups excluding carboxylic acids is 4. The molecule has 1 saturated heterocycles. The van der Waals surface area contributed by atoms with Crippen LogP contribution in [-0.4, -0.2) is 78.9 Å². The standard InChI is InChI=1S/C24H23N3O6/c28-21(9-10-26-22(29)16-5-1-2-6-17(16)23(26)30)27-15-20(24(31)25-11-13-32-14-12-25)33-19-8-4-3-7-18(19)27/h1-8,20H,9-15H2/t20-/m1/s1. The fourth-order valence-corrected chi connectivity index (χ4v) is 4.37. The largest absolute Gasteiger partial charge is 0.476 e. The van der Waals surface area contributed by atoms with Gasteiger partial charge in [-0.05, 0) is 24.3 Å². The van der Waals surface area contributed by atoms with Gasteiger partial charge in [0.1, 0.15) is 5.75 Å². The maximum absolute atomic E-state index is 13.2. The van der Waals surface area contributed by atoms with Crippen molar-refractivity contribution in [3.05, 3.63) is 59.7 Å². The Kier molecular flexibility index (Phi) is 5.55. The van der Waals surface area contributed by atoms with Crippen LogP contribution in [0.3, 0.4) is 0 Å². The predicted molar refractivity (Wildman–Crippen MR) is 117 cm³/mol. The number of fused-ring (bicyclic) bond motifs is 2. The molecule has 9 heteroatoms. The Morgan fingerprint density at radius 3 is 2.24 bits per heavy atom. The number of imide groups is 1. The fourth-order valence-electron chi connectivity index (χ4n) is 4.37. The average molecular weight is 449 g/mol. The van der Waals surface area contributed by atoms with Crippen molar-refractivity contribution >= 4 is 29.3 Å². The Morgan fingerprint density at radius 2 is 1.55 bits per heavy atom. The van der Waals surface area contributed by atoms with Gasteiger partial charge in [0, 0.05) is 26.1 Å². The van der Waals surface area contributed by atoms with Crippen LogP contribution in [0.2, 0.25) is 0 Å². The summed E-state index contributed by atoms with van der Waals surface area (Å²) < 4.78 is 11.3. The summed E-state index contributed by atoms with van der Waals surface area (Å²) in [4.78, 5) is 55.8. The first-order chi connectivity index (χ1) is 16.0. The molecule has 9 nitrogen and oxygen atoms in total. The average Bonchev–Trinajstić information content (AvgIpc) is 3.11. The van der Waals surface area contributed by atoms with Crippen molar-refractivity contribution in [1.82, 2.24) is 9.80 Å². The molecule has 0 N–H and O–H groups in total. The smallest absolute Gasteiger partial charge is 0.265 e. The first kappa shape index (κ1) is 21.1. The van der Waals surface area contributed by atoms with Crippen LogP contribution in [-0.2, 0) is 14.3 Å². The molecule has 0 aliphatic carbocycles. The molecule has 1 fully saturated rings. The lowest BCUT2D eigenvalue weighted by Crippen LogP contribution is -2.54. The molecule has 5 rings (SSSR count). The number of nitrogens with zero attached hydrogens (tertiary/aromatic N) is 3. The second-order valence-corrected chi connectivity index (χ2v) is 8.07. The van der Waals surface area contributed by atoms with Gasteiger partial charge in [0.15, 0.2) is 6.10 Å². The van der Waals surface area contributed by atoms with Gasteiger partial charge in [-0.15, -0.1) is 0 Å². The van der Waals surface area contributed by atoms with E-state index in [4.69, 9.17) is 9.47 Å². The van der Waals surface area contributed by atoms with Gasteiger partial charge in [-0.25, -0.2) is 0 Å². The van der Waals surface area contributed by atoms with E-state index < -0.39 is 17.9 Å².